The molecule has 2 N–H and O–H groups in total. The van der Waals surface area contributed by atoms with Gasteiger partial charge in [0.15, 0.2) is 0 Å². The molecule has 0 spiro atoms. The van der Waals surface area contributed by atoms with Crippen LogP contribution >= 0.6 is 12.4 Å². The number of hydrogen-bond acceptors (Lipinski definition) is 4. The number of rotatable bonds is 10. The highest BCUT2D eigenvalue weighted by Gasteiger charge is 2.40. The zero-order chi connectivity index (χ0) is 24.6. The van der Waals surface area contributed by atoms with Crippen molar-refractivity contribution in [3.63, 3.8) is 0 Å². The topological polar surface area (TPSA) is 80.0 Å². The molecular formula is C28H43ClN4O2. The van der Waals surface area contributed by atoms with E-state index >= 15 is 0 Å². The number of benzene rings is 1. The molecule has 0 radical (unpaired) electrons. The molecule has 0 bridgehead atoms. The van der Waals surface area contributed by atoms with Gasteiger partial charge in [-0.1, -0.05) is 31.5 Å². The van der Waals surface area contributed by atoms with Gasteiger partial charge in [-0.2, -0.15) is 0 Å². The maximum absolute atomic E-state index is 13.1. The quantitative estimate of drug-likeness (QED) is 0.390. The van der Waals surface area contributed by atoms with E-state index in [2.05, 4.69) is 40.0 Å². The molecule has 1 amide bonds. The second-order valence-corrected chi connectivity index (χ2v) is 12.0. The van der Waals surface area contributed by atoms with Crippen LogP contribution in [0.5, 0.6) is 0 Å². The molecule has 7 heteroatoms. The summed E-state index contributed by atoms with van der Waals surface area (Å²) in [6.07, 6.45) is 6.69. The Labute approximate surface area is 216 Å². The van der Waals surface area contributed by atoms with E-state index in [0.717, 1.165) is 47.6 Å². The van der Waals surface area contributed by atoms with Crippen molar-refractivity contribution in [3.05, 3.63) is 41.0 Å². The number of carbonyl (C=O) groups is 1. The number of aromatic nitrogens is 3. The molecule has 35 heavy (non-hydrogen) atoms. The summed E-state index contributed by atoms with van der Waals surface area (Å²) in [6.45, 7) is 12.3. The normalized spacial score (nSPS) is 20.8. The number of halogens is 1. The lowest BCUT2D eigenvalue weighted by Gasteiger charge is -2.36. The smallest absolute Gasteiger partial charge is 0.225 e. The van der Waals surface area contributed by atoms with Gasteiger partial charge in [0, 0.05) is 30.0 Å². The van der Waals surface area contributed by atoms with Crippen LogP contribution in [0.3, 0.4) is 0 Å². The fourth-order valence-electron chi connectivity index (χ4n) is 5.62. The molecule has 2 aliphatic rings. The number of carbonyl (C=O) groups excluding carboxylic acids is 1. The second-order valence-electron chi connectivity index (χ2n) is 12.0. The van der Waals surface area contributed by atoms with Gasteiger partial charge in [-0.3, -0.25) is 4.79 Å². The Bertz CT molecular complexity index is 1020. The monoisotopic (exact) mass is 502 g/mol. The van der Waals surface area contributed by atoms with Crippen molar-refractivity contribution in [2.24, 2.45) is 11.8 Å². The van der Waals surface area contributed by atoms with Crippen LogP contribution in [-0.2, 0) is 4.79 Å². The maximum atomic E-state index is 13.1. The largest absolute Gasteiger partial charge is 0.390 e. The Morgan fingerprint density at radius 3 is 2.46 bits per heavy atom. The van der Waals surface area contributed by atoms with Gasteiger partial charge in [-0.05, 0) is 89.7 Å². The number of anilines is 1. The van der Waals surface area contributed by atoms with Gasteiger partial charge in [0.05, 0.1) is 5.60 Å². The molecule has 0 aliphatic heterocycles. The Morgan fingerprint density at radius 2 is 1.89 bits per heavy atom. The van der Waals surface area contributed by atoms with Crippen LogP contribution in [0.1, 0.15) is 113 Å². The van der Waals surface area contributed by atoms with Crippen LogP contribution in [-0.4, -0.2) is 31.4 Å². The summed E-state index contributed by atoms with van der Waals surface area (Å²) in [4.78, 5) is 13.1. The van der Waals surface area contributed by atoms with Crippen LogP contribution in [0.2, 0.25) is 0 Å². The van der Waals surface area contributed by atoms with Gasteiger partial charge < -0.3 is 15.0 Å². The first kappa shape index (κ1) is 27.7. The van der Waals surface area contributed by atoms with Gasteiger partial charge in [0.1, 0.15) is 11.6 Å². The van der Waals surface area contributed by atoms with Crippen molar-refractivity contribution in [2.75, 3.05) is 5.32 Å². The molecule has 2 aliphatic carbocycles. The highest BCUT2D eigenvalue weighted by atomic mass is 35.5. The van der Waals surface area contributed by atoms with Gasteiger partial charge in [-0.25, -0.2) is 0 Å². The molecule has 1 aromatic carbocycles. The fraction of sp³-hybridized carbons (Fsp3) is 0.679. The molecule has 194 valence electrons. The zero-order valence-corrected chi connectivity index (χ0v) is 23.0. The van der Waals surface area contributed by atoms with Crippen LogP contribution in [0.25, 0.3) is 0 Å². The lowest BCUT2D eigenvalue weighted by molar-refractivity contribution is -0.116. The minimum Gasteiger partial charge on any atom is -0.390 e. The first-order valence-electron chi connectivity index (χ1n) is 13.0. The van der Waals surface area contributed by atoms with E-state index in [9.17, 15) is 9.90 Å². The van der Waals surface area contributed by atoms with Crippen molar-refractivity contribution in [1.82, 2.24) is 14.8 Å². The Kier molecular flexibility index (Phi) is 8.69. The molecule has 0 unspecified atom stereocenters. The molecule has 1 atom stereocenters. The standard InChI is InChI=1S/C28H42N4O2.ClH/c1-17(2)11-20-13-21(14-20)26-30-31-27(32(26)23-8-9-23)22(16-28(5,6)34)15-25(33)29-24-10-7-18(3)12-19(24)4;/h7,10,12,17,20-23,34H,8-9,11,13-16H2,1-6H3,(H,29,33);1H/t20?,21?,22-;/m1./s1. The van der Waals surface area contributed by atoms with E-state index in [-0.39, 0.29) is 30.7 Å². The van der Waals surface area contributed by atoms with Crippen LogP contribution in [0.4, 0.5) is 5.69 Å². The predicted octanol–water partition coefficient (Wildman–Crippen LogP) is 6.46. The third-order valence-corrected chi connectivity index (χ3v) is 7.27. The number of nitrogens with one attached hydrogen (secondary N) is 1. The van der Waals surface area contributed by atoms with Crippen molar-refractivity contribution in [1.29, 1.82) is 0 Å². The second kappa shape index (κ2) is 11.0. The molecule has 1 heterocycles. The van der Waals surface area contributed by atoms with Crippen LogP contribution in [0.15, 0.2) is 18.2 Å². The van der Waals surface area contributed by atoms with Gasteiger partial charge in [0.2, 0.25) is 5.91 Å². The van der Waals surface area contributed by atoms with Crippen molar-refractivity contribution in [2.45, 2.75) is 110 Å². The Balaban J connectivity index is 0.00000342. The number of nitrogens with zero attached hydrogens (tertiary/aromatic N) is 3. The van der Waals surface area contributed by atoms with Gasteiger partial charge in [-0.15, -0.1) is 22.6 Å². The highest BCUT2D eigenvalue weighted by Crippen LogP contribution is 2.48. The third-order valence-electron chi connectivity index (χ3n) is 7.27. The van der Waals surface area contributed by atoms with Crippen molar-refractivity contribution < 1.29 is 9.90 Å². The number of aryl methyl sites for hydroxylation is 2. The van der Waals surface area contributed by atoms with E-state index in [1.54, 1.807) is 0 Å². The lowest BCUT2D eigenvalue weighted by atomic mass is 9.71. The first-order chi connectivity index (χ1) is 16.0. The highest BCUT2D eigenvalue weighted by molar-refractivity contribution is 5.92. The molecule has 6 nitrogen and oxygen atoms in total. The summed E-state index contributed by atoms with van der Waals surface area (Å²) in [6, 6.07) is 6.49. The maximum Gasteiger partial charge on any atom is 0.225 e. The SMILES string of the molecule is Cc1ccc(NC(=O)C[C@H](CC(C)(C)O)c2nnc(C3CC(CC(C)C)C3)n2C2CC2)c(C)c1.Cl. The summed E-state index contributed by atoms with van der Waals surface area (Å²) < 4.78 is 2.34. The van der Waals surface area contributed by atoms with Crippen molar-refractivity contribution >= 4 is 24.0 Å². The molecular weight excluding hydrogens is 460 g/mol. The summed E-state index contributed by atoms with van der Waals surface area (Å²) >= 11 is 0. The fourth-order valence-corrected chi connectivity index (χ4v) is 5.62. The summed E-state index contributed by atoms with van der Waals surface area (Å²) in [5.41, 5.74) is 2.17. The van der Waals surface area contributed by atoms with E-state index in [0.29, 0.717) is 18.4 Å². The average molecular weight is 503 g/mol. The summed E-state index contributed by atoms with van der Waals surface area (Å²) in [7, 11) is 0. The van der Waals surface area contributed by atoms with E-state index < -0.39 is 5.60 Å². The van der Waals surface area contributed by atoms with Crippen LogP contribution < -0.4 is 5.32 Å². The first-order valence-corrected chi connectivity index (χ1v) is 13.0. The minimum atomic E-state index is -0.899. The third kappa shape index (κ3) is 7.07. The Morgan fingerprint density at radius 1 is 1.20 bits per heavy atom. The molecule has 2 saturated carbocycles. The average Bonchev–Trinajstić information content (AvgIpc) is 3.43. The van der Waals surface area contributed by atoms with Crippen molar-refractivity contribution in [3.8, 4) is 0 Å². The molecule has 2 aromatic rings. The molecule has 4 rings (SSSR count). The zero-order valence-electron chi connectivity index (χ0n) is 22.2. The number of amides is 1. The predicted molar refractivity (Wildman–Crippen MR) is 143 cm³/mol. The molecule has 1 aromatic heterocycles. The number of hydrogen-bond donors (Lipinski definition) is 2. The van der Waals surface area contributed by atoms with E-state index in [4.69, 9.17) is 0 Å². The van der Waals surface area contributed by atoms with Gasteiger partial charge >= 0.3 is 0 Å². The lowest BCUT2D eigenvalue weighted by Crippen LogP contribution is -2.28. The summed E-state index contributed by atoms with van der Waals surface area (Å²) in [5.74, 6) is 3.74. The minimum absolute atomic E-state index is 0. The summed E-state index contributed by atoms with van der Waals surface area (Å²) in [5, 5.41) is 23.1. The number of aliphatic hydroxyl groups is 1. The van der Waals surface area contributed by atoms with E-state index in [1.165, 1.54) is 24.8 Å². The van der Waals surface area contributed by atoms with Crippen LogP contribution in [0, 0.1) is 25.7 Å². The molecule has 0 saturated heterocycles. The van der Waals surface area contributed by atoms with E-state index in [1.807, 2.05) is 39.8 Å². The Hall–Kier alpha value is -1.92. The molecule has 2 fully saturated rings. The van der Waals surface area contributed by atoms with Gasteiger partial charge in [0.25, 0.3) is 0 Å².